The summed E-state index contributed by atoms with van der Waals surface area (Å²) in [6.45, 7) is 4.71. The molecule has 1 saturated heterocycles. The van der Waals surface area contributed by atoms with Gasteiger partial charge in [0.15, 0.2) is 0 Å². The van der Waals surface area contributed by atoms with Gasteiger partial charge in [-0.1, -0.05) is 12.2 Å². The molecule has 2 aliphatic heterocycles. The van der Waals surface area contributed by atoms with Crippen molar-refractivity contribution >= 4 is 5.91 Å². The van der Waals surface area contributed by atoms with Crippen molar-refractivity contribution in [2.75, 3.05) is 13.1 Å². The lowest BCUT2D eigenvalue weighted by atomic mass is 9.77. The zero-order valence-electron chi connectivity index (χ0n) is 12.5. The van der Waals surface area contributed by atoms with Crippen LogP contribution in [0.25, 0.3) is 0 Å². The summed E-state index contributed by atoms with van der Waals surface area (Å²) in [5.41, 5.74) is -0.824. The summed E-state index contributed by atoms with van der Waals surface area (Å²) >= 11 is 0. The number of hydrogen-bond donors (Lipinski definition) is 1. The van der Waals surface area contributed by atoms with Crippen LogP contribution in [0.5, 0.6) is 0 Å². The highest BCUT2D eigenvalue weighted by Crippen LogP contribution is 2.35. The zero-order chi connectivity index (χ0) is 15.7. The van der Waals surface area contributed by atoms with E-state index in [1.807, 2.05) is 12.2 Å². The van der Waals surface area contributed by atoms with Gasteiger partial charge in [0.25, 0.3) is 0 Å². The van der Waals surface area contributed by atoms with E-state index < -0.39 is 23.7 Å². The molecule has 0 bridgehead atoms. The molecule has 120 valence electrons. The highest BCUT2D eigenvalue weighted by molar-refractivity contribution is 5.83. The Labute approximate surface area is 123 Å². The summed E-state index contributed by atoms with van der Waals surface area (Å²) in [6.07, 6.45) is 1.72. The number of piperidine rings is 1. The number of amides is 1. The summed E-state index contributed by atoms with van der Waals surface area (Å²) in [6, 6.07) is -1.93. The molecule has 0 aromatic carbocycles. The second-order valence-corrected chi connectivity index (χ2v) is 6.48. The average molecular weight is 304 g/mol. The molecule has 0 aromatic rings. The van der Waals surface area contributed by atoms with Gasteiger partial charge in [0.1, 0.15) is 6.04 Å². The maximum absolute atomic E-state index is 12.9. The predicted octanol–water partition coefficient (Wildman–Crippen LogP) is 2.87. The predicted molar refractivity (Wildman–Crippen MR) is 74.7 cm³/mol. The molecule has 0 spiro atoms. The fourth-order valence-electron chi connectivity index (χ4n) is 3.15. The Kier molecular flexibility index (Phi) is 4.66. The number of carbonyl (C=O) groups excluding carboxylic acids is 1. The number of halogens is 3. The van der Waals surface area contributed by atoms with Crippen LogP contribution in [0.4, 0.5) is 13.2 Å². The maximum atomic E-state index is 12.9. The van der Waals surface area contributed by atoms with E-state index in [-0.39, 0.29) is 12.3 Å². The monoisotopic (exact) mass is 304 g/mol. The van der Waals surface area contributed by atoms with Gasteiger partial charge >= 0.3 is 6.18 Å². The molecule has 0 radical (unpaired) electrons. The first kappa shape index (κ1) is 16.3. The summed E-state index contributed by atoms with van der Waals surface area (Å²) in [5.74, 6) is -0.0628. The molecule has 6 heteroatoms. The van der Waals surface area contributed by atoms with Crippen LogP contribution in [0.3, 0.4) is 0 Å². The Hall–Kier alpha value is -1.04. The van der Waals surface area contributed by atoms with Crippen molar-refractivity contribution < 1.29 is 18.0 Å². The lowest BCUT2D eigenvalue weighted by molar-refractivity contribution is -0.168. The molecule has 0 aromatic heterocycles. The minimum absolute atomic E-state index is 0.0628. The van der Waals surface area contributed by atoms with Crippen LogP contribution >= 0.6 is 0 Å². The van der Waals surface area contributed by atoms with Crippen molar-refractivity contribution in [1.29, 1.82) is 0 Å². The van der Waals surface area contributed by atoms with Crippen molar-refractivity contribution in [3.8, 4) is 0 Å². The maximum Gasteiger partial charge on any atom is 0.403 e. The van der Waals surface area contributed by atoms with Gasteiger partial charge in [-0.2, -0.15) is 13.2 Å². The first-order valence-electron chi connectivity index (χ1n) is 7.50. The van der Waals surface area contributed by atoms with Gasteiger partial charge in [0.05, 0.1) is 5.41 Å². The first-order chi connectivity index (χ1) is 9.73. The molecule has 0 saturated carbocycles. The van der Waals surface area contributed by atoms with Crippen molar-refractivity contribution in [2.45, 2.75) is 57.8 Å². The van der Waals surface area contributed by atoms with Crippen LogP contribution in [0.2, 0.25) is 0 Å². The molecule has 0 aliphatic carbocycles. The smallest absolute Gasteiger partial charge is 0.338 e. The van der Waals surface area contributed by atoms with E-state index in [1.54, 1.807) is 18.7 Å². The molecule has 2 atom stereocenters. The molecule has 1 amide bonds. The van der Waals surface area contributed by atoms with Crippen LogP contribution in [0.1, 0.15) is 39.5 Å². The summed E-state index contributed by atoms with van der Waals surface area (Å²) in [7, 11) is 0. The highest BCUT2D eigenvalue weighted by atomic mass is 19.4. The first-order valence-corrected chi connectivity index (χ1v) is 7.50. The molecule has 2 heterocycles. The van der Waals surface area contributed by atoms with E-state index in [9.17, 15) is 18.0 Å². The third-order valence-electron chi connectivity index (χ3n) is 4.55. The number of alkyl halides is 3. The van der Waals surface area contributed by atoms with Crippen molar-refractivity contribution in [1.82, 2.24) is 10.2 Å². The Balaban J connectivity index is 2.07. The fraction of sp³-hybridized carbons (Fsp3) is 0.800. The molecule has 1 fully saturated rings. The van der Waals surface area contributed by atoms with Crippen LogP contribution < -0.4 is 5.32 Å². The largest absolute Gasteiger partial charge is 0.403 e. The Morgan fingerprint density at radius 2 is 1.86 bits per heavy atom. The average Bonchev–Trinajstić information content (AvgIpc) is 2.46. The van der Waals surface area contributed by atoms with Gasteiger partial charge in [-0.15, -0.1) is 0 Å². The number of hydrogen-bond acceptors (Lipinski definition) is 2. The molecule has 3 nitrogen and oxygen atoms in total. The molecule has 2 rings (SSSR count). The van der Waals surface area contributed by atoms with Gasteiger partial charge in [0, 0.05) is 19.1 Å². The summed E-state index contributed by atoms with van der Waals surface area (Å²) in [5, 5.41) is 2.66. The molecule has 1 N–H and O–H groups in total. The van der Waals surface area contributed by atoms with Crippen LogP contribution in [0, 0.1) is 5.41 Å². The number of nitrogens with one attached hydrogen (secondary N) is 1. The van der Waals surface area contributed by atoms with Gasteiger partial charge < -0.3 is 10.2 Å². The van der Waals surface area contributed by atoms with Gasteiger partial charge in [0.2, 0.25) is 5.91 Å². The molecular formula is C15H23F3N2O. The number of rotatable bonds is 2. The van der Waals surface area contributed by atoms with Gasteiger partial charge in [-0.25, -0.2) is 0 Å². The Bertz CT molecular complexity index is 418. The second kappa shape index (κ2) is 5.99. The lowest BCUT2D eigenvalue weighted by Crippen LogP contribution is -2.59. The van der Waals surface area contributed by atoms with E-state index in [4.69, 9.17) is 0 Å². The van der Waals surface area contributed by atoms with Crippen molar-refractivity contribution in [2.24, 2.45) is 5.41 Å². The van der Waals surface area contributed by atoms with Crippen LogP contribution in [0.15, 0.2) is 12.2 Å². The standard InChI is InChI=1S/C15H23F3N2O/c1-14(2,13(21)20-9-4-3-5-10-20)11-7-6-8-12(19-11)15(16,17)18/h3-4,11-12,19H,5-10H2,1-2H3/t11-,12+/m0/s1. The number of carbonyl (C=O) groups is 1. The van der Waals surface area contributed by atoms with E-state index in [2.05, 4.69) is 5.32 Å². The molecule has 21 heavy (non-hydrogen) atoms. The third-order valence-corrected chi connectivity index (χ3v) is 4.55. The molecule has 0 unspecified atom stereocenters. The van der Waals surface area contributed by atoms with E-state index in [1.165, 1.54) is 0 Å². The van der Waals surface area contributed by atoms with Crippen LogP contribution in [-0.4, -0.2) is 42.2 Å². The minimum atomic E-state index is -4.24. The molecular weight excluding hydrogens is 281 g/mol. The normalized spacial score (nSPS) is 27.8. The van der Waals surface area contributed by atoms with E-state index in [0.717, 1.165) is 6.42 Å². The summed E-state index contributed by atoms with van der Waals surface area (Å²) < 4.78 is 38.7. The Morgan fingerprint density at radius 3 is 2.43 bits per heavy atom. The minimum Gasteiger partial charge on any atom is -0.338 e. The van der Waals surface area contributed by atoms with Crippen molar-refractivity contribution in [3.05, 3.63) is 12.2 Å². The highest BCUT2D eigenvalue weighted by Gasteiger charge is 2.47. The SMILES string of the molecule is CC(C)(C(=O)N1CC=CCC1)[C@@H]1CCC[C@H](C(F)(F)F)N1. The second-order valence-electron chi connectivity index (χ2n) is 6.48. The molecule has 2 aliphatic rings. The quantitative estimate of drug-likeness (QED) is 0.796. The fourth-order valence-corrected chi connectivity index (χ4v) is 3.15. The van der Waals surface area contributed by atoms with Crippen LogP contribution in [-0.2, 0) is 4.79 Å². The lowest BCUT2D eigenvalue weighted by Gasteiger charge is -2.42. The Morgan fingerprint density at radius 1 is 1.19 bits per heavy atom. The topological polar surface area (TPSA) is 32.3 Å². The number of nitrogens with zero attached hydrogens (tertiary/aromatic N) is 1. The van der Waals surface area contributed by atoms with E-state index in [0.29, 0.717) is 25.9 Å². The van der Waals surface area contributed by atoms with Gasteiger partial charge in [-0.05, 0) is 39.5 Å². The van der Waals surface area contributed by atoms with E-state index >= 15 is 0 Å². The summed E-state index contributed by atoms with van der Waals surface area (Å²) in [4.78, 5) is 14.4. The van der Waals surface area contributed by atoms with Crippen molar-refractivity contribution in [3.63, 3.8) is 0 Å². The van der Waals surface area contributed by atoms with Gasteiger partial charge in [-0.3, -0.25) is 4.79 Å². The third kappa shape index (κ3) is 3.59. The zero-order valence-corrected chi connectivity index (χ0v) is 12.5.